The van der Waals surface area contributed by atoms with Crippen LogP contribution < -0.4 is 5.32 Å². The van der Waals surface area contributed by atoms with Gasteiger partial charge in [0.15, 0.2) is 0 Å². The van der Waals surface area contributed by atoms with Gasteiger partial charge in [-0.1, -0.05) is 29.3 Å². The van der Waals surface area contributed by atoms with E-state index in [1.54, 1.807) is 29.3 Å². The van der Waals surface area contributed by atoms with Crippen molar-refractivity contribution in [3.05, 3.63) is 57.8 Å². The molecule has 24 heavy (non-hydrogen) atoms. The van der Waals surface area contributed by atoms with E-state index in [1.165, 1.54) is 0 Å². The van der Waals surface area contributed by atoms with Gasteiger partial charge in [0.1, 0.15) is 5.65 Å². The van der Waals surface area contributed by atoms with Crippen molar-refractivity contribution in [2.45, 2.75) is 13.0 Å². The Balaban J connectivity index is 1.58. The van der Waals surface area contributed by atoms with Crippen LogP contribution in [0.3, 0.4) is 0 Å². The minimum Gasteiger partial charge on any atom is -0.343 e. The first kappa shape index (κ1) is 15.3. The molecule has 3 aromatic rings. The molecule has 0 spiro atoms. The summed E-state index contributed by atoms with van der Waals surface area (Å²) in [5.74, 6) is 0. The summed E-state index contributed by atoms with van der Waals surface area (Å²) in [6, 6.07) is 8.86. The molecule has 2 amide bonds. The number of nitrogens with zero attached hydrogens (tertiary/aromatic N) is 2. The molecular weight excluding hydrogens is 347 g/mol. The van der Waals surface area contributed by atoms with Gasteiger partial charge in [-0.25, -0.2) is 9.78 Å². The van der Waals surface area contributed by atoms with E-state index in [4.69, 9.17) is 23.2 Å². The average Bonchev–Trinajstić information content (AvgIpc) is 2.92. The first-order valence-electron chi connectivity index (χ1n) is 7.56. The van der Waals surface area contributed by atoms with Crippen molar-refractivity contribution in [1.29, 1.82) is 0 Å². The molecule has 1 aliphatic rings. The Morgan fingerprint density at radius 3 is 2.96 bits per heavy atom. The second-order valence-corrected chi connectivity index (χ2v) is 6.62. The molecule has 0 atom stereocenters. The molecule has 1 aliphatic heterocycles. The maximum absolute atomic E-state index is 12.5. The van der Waals surface area contributed by atoms with Crippen LogP contribution in [-0.4, -0.2) is 27.4 Å². The van der Waals surface area contributed by atoms with Gasteiger partial charge in [-0.2, -0.15) is 0 Å². The zero-order valence-corrected chi connectivity index (χ0v) is 14.2. The maximum Gasteiger partial charge on any atom is 0.322 e. The Labute approximate surface area is 148 Å². The number of aromatic amines is 1. The molecule has 3 heterocycles. The molecule has 0 radical (unpaired) electrons. The summed E-state index contributed by atoms with van der Waals surface area (Å²) in [5.41, 5.74) is 3.68. The van der Waals surface area contributed by atoms with E-state index in [0.717, 1.165) is 28.7 Å². The fourth-order valence-electron chi connectivity index (χ4n) is 3.00. The van der Waals surface area contributed by atoms with Gasteiger partial charge in [0, 0.05) is 53.1 Å². The fraction of sp³-hybridized carbons (Fsp3) is 0.176. The molecule has 0 saturated carbocycles. The number of amides is 2. The van der Waals surface area contributed by atoms with Gasteiger partial charge in [0.2, 0.25) is 0 Å². The number of H-pyrrole nitrogens is 1. The number of hydrogen-bond acceptors (Lipinski definition) is 2. The standard InChI is InChI=1S/C17H14Cl2N4O/c18-10-2-1-3-12(6-10)21-17(24)23-5-4-15-14(9-23)13-7-11(19)8-20-16(13)22-15/h1-3,6-8H,4-5,9H2,(H,20,22)(H,21,24). The quantitative estimate of drug-likeness (QED) is 0.672. The van der Waals surface area contributed by atoms with Crippen molar-refractivity contribution in [3.8, 4) is 0 Å². The number of aromatic nitrogens is 2. The van der Waals surface area contributed by atoms with Crippen molar-refractivity contribution in [3.63, 3.8) is 0 Å². The molecule has 5 nitrogen and oxygen atoms in total. The van der Waals surface area contributed by atoms with Gasteiger partial charge in [-0.15, -0.1) is 0 Å². The molecule has 122 valence electrons. The van der Waals surface area contributed by atoms with Crippen LogP contribution in [0.2, 0.25) is 10.0 Å². The van der Waals surface area contributed by atoms with Gasteiger partial charge in [-0.05, 0) is 24.3 Å². The molecule has 4 rings (SSSR count). The summed E-state index contributed by atoms with van der Waals surface area (Å²) in [6.07, 6.45) is 2.38. The van der Waals surface area contributed by atoms with Gasteiger partial charge < -0.3 is 15.2 Å². The van der Waals surface area contributed by atoms with E-state index < -0.39 is 0 Å². The van der Waals surface area contributed by atoms with Crippen molar-refractivity contribution < 1.29 is 4.79 Å². The number of fused-ring (bicyclic) bond motifs is 3. The number of carbonyl (C=O) groups excluding carboxylic acids is 1. The van der Waals surface area contributed by atoms with Crippen LogP contribution in [0.4, 0.5) is 10.5 Å². The van der Waals surface area contributed by atoms with Crippen LogP contribution in [0.15, 0.2) is 36.5 Å². The number of pyridine rings is 1. The Morgan fingerprint density at radius 1 is 1.25 bits per heavy atom. The third kappa shape index (κ3) is 2.81. The fourth-order valence-corrected chi connectivity index (χ4v) is 3.35. The third-order valence-electron chi connectivity index (χ3n) is 4.16. The highest BCUT2D eigenvalue weighted by Crippen LogP contribution is 2.28. The van der Waals surface area contributed by atoms with E-state index in [-0.39, 0.29) is 6.03 Å². The van der Waals surface area contributed by atoms with E-state index >= 15 is 0 Å². The molecule has 0 unspecified atom stereocenters. The normalized spacial score (nSPS) is 13.8. The highest BCUT2D eigenvalue weighted by Gasteiger charge is 2.24. The SMILES string of the molecule is O=C(Nc1cccc(Cl)c1)N1CCc2[nH]c3ncc(Cl)cc3c2C1. The zero-order chi connectivity index (χ0) is 16.7. The number of urea groups is 1. The lowest BCUT2D eigenvalue weighted by atomic mass is 10.1. The summed E-state index contributed by atoms with van der Waals surface area (Å²) in [4.78, 5) is 21.9. The van der Waals surface area contributed by atoms with Crippen molar-refractivity contribution in [2.75, 3.05) is 11.9 Å². The van der Waals surface area contributed by atoms with Crippen molar-refractivity contribution in [1.82, 2.24) is 14.9 Å². The summed E-state index contributed by atoms with van der Waals surface area (Å²) >= 11 is 12.0. The molecule has 2 aromatic heterocycles. The molecule has 0 fully saturated rings. The highest BCUT2D eigenvalue weighted by atomic mass is 35.5. The van der Waals surface area contributed by atoms with E-state index in [1.807, 2.05) is 12.1 Å². The molecule has 7 heteroatoms. The zero-order valence-electron chi connectivity index (χ0n) is 12.6. The van der Waals surface area contributed by atoms with Crippen LogP contribution >= 0.6 is 23.2 Å². The molecule has 0 bridgehead atoms. The predicted octanol–water partition coefficient (Wildman–Crippen LogP) is 4.46. The number of benzene rings is 1. The molecule has 2 N–H and O–H groups in total. The van der Waals surface area contributed by atoms with Crippen molar-refractivity contribution >= 4 is 46.0 Å². The second kappa shape index (κ2) is 6.00. The van der Waals surface area contributed by atoms with Crippen LogP contribution in [0.5, 0.6) is 0 Å². The Hall–Kier alpha value is -2.24. The van der Waals surface area contributed by atoms with Crippen LogP contribution in [-0.2, 0) is 13.0 Å². The number of nitrogens with one attached hydrogen (secondary N) is 2. The smallest absolute Gasteiger partial charge is 0.322 e. The maximum atomic E-state index is 12.5. The van der Waals surface area contributed by atoms with Gasteiger partial charge in [0.25, 0.3) is 0 Å². The van der Waals surface area contributed by atoms with Gasteiger partial charge >= 0.3 is 6.03 Å². The molecule has 0 saturated heterocycles. The number of halogens is 2. The molecule has 0 aliphatic carbocycles. The Kier molecular flexibility index (Phi) is 3.82. The summed E-state index contributed by atoms with van der Waals surface area (Å²) in [7, 11) is 0. The largest absolute Gasteiger partial charge is 0.343 e. The first-order chi connectivity index (χ1) is 11.6. The Bertz CT molecular complexity index is 937. The number of anilines is 1. The minimum absolute atomic E-state index is 0.146. The number of hydrogen-bond donors (Lipinski definition) is 2. The van der Waals surface area contributed by atoms with Crippen molar-refractivity contribution in [2.24, 2.45) is 0 Å². The van der Waals surface area contributed by atoms with Gasteiger partial charge in [-0.3, -0.25) is 0 Å². The van der Waals surface area contributed by atoms with E-state index in [9.17, 15) is 4.79 Å². The van der Waals surface area contributed by atoms with Crippen LogP contribution in [0.25, 0.3) is 11.0 Å². The van der Waals surface area contributed by atoms with Crippen LogP contribution in [0, 0.1) is 0 Å². The predicted molar refractivity (Wildman–Crippen MR) is 95.7 cm³/mol. The summed E-state index contributed by atoms with van der Waals surface area (Å²) < 4.78 is 0. The highest BCUT2D eigenvalue weighted by molar-refractivity contribution is 6.31. The number of rotatable bonds is 1. The van der Waals surface area contributed by atoms with Crippen LogP contribution in [0.1, 0.15) is 11.3 Å². The third-order valence-corrected chi connectivity index (χ3v) is 4.60. The summed E-state index contributed by atoms with van der Waals surface area (Å²) in [5, 5.41) is 5.03. The lowest BCUT2D eigenvalue weighted by Crippen LogP contribution is -2.38. The van der Waals surface area contributed by atoms with E-state index in [0.29, 0.717) is 28.8 Å². The lowest BCUT2D eigenvalue weighted by Gasteiger charge is -2.27. The molecular formula is C17H14Cl2N4O. The van der Waals surface area contributed by atoms with Gasteiger partial charge in [0.05, 0.1) is 5.02 Å². The molecule has 1 aromatic carbocycles. The lowest BCUT2D eigenvalue weighted by molar-refractivity contribution is 0.206. The Morgan fingerprint density at radius 2 is 2.12 bits per heavy atom. The monoisotopic (exact) mass is 360 g/mol. The minimum atomic E-state index is -0.146. The first-order valence-corrected chi connectivity index (χ1v) is 8.32. The second-order valence-electron chi connectivity index (χ2n) is 5.74. The van der Waals surface area contributed by atoms with E-state index in [2.05, 4.69) is 15.3 Å². The number of carbonyl (C=O) groups is 1. The average molecular weight is 361 g/mol. The summed E-state index contributed by atoms with van der Waals surface area (Å²) in [6.45, 7) is 1.16. The topological polar surface area (TPSA) is 61.0 Å².